The summed E-state index contributed by atoms with van der Waals surface area (Å²) in [6.45, 7) is 0. The molecule has 1 heterocycles. The van der Waals surface area contributed by atoms with Gasteiger partial charge in [-0.1, -0.05) is 6.07 Å². The Morgan fingerprint density at radius 3 is 2.56 bits per heavy atom. The van der Waals surface area contributed by atoms with Crippen LogP contribution in [0.3, 0.4) is 0 Å². The van der Waals surface area contributed by atoms with Gasteiger partial charge in [-0.15, -0.1) is 0 Å². The second-order valence-electron chi connectivity index (χ2n) is 3.36. The third-order valence-corrected chi connectivity index (χ3v) is 2.21. The summed E-state index contributed by atoms with van der Waals surface area (Å²) in [5.74, 6) is -0.267. The number of hydrogen-bond donors (Lipinski definition) is 0. The second-order valence-corrected chi connectivity index (χ2v) is 3.36. The number of nitrogens with zero attached hydrogens (tertiary/aromatic N) is 2. The molecule has 0 unspecified atom stereocenters. The summed E-state index contributed by atoms with van der Waals surface area (Å²) in [5.41, 5.74) is 2.33. The lowest BCUT2D eigenvalue weighted by molar-refractivity contribution is 0.628. The molecule has 1 aromatic carbocycles. The second kappa shape index (κ2) is 4.54. The van der Waals surface area contributed by atoms with Gasteiger partial charge in [-0.05, 0) is 36.4 Å². The van der Waals surface area contributed by atoms with Crippen molar-refractivity contribution >= 4 is 0 Å². The van der Waals surface area contributed by atoms with Crippen LogP contribution < -0.4 is 0 Å². The van der Waals surface area contributed by atoms with Gasteiger partial charge in [0.15, 0.2) is 0 Å². The van der Waals surface area contributed by atoms with Crippen molar-refractivity contribution in [3.63, 3.8) is 0 Å². The van der Waals surface area contributed by atoms with Crippen LogP contribution in [0.25, 0.3) is 11.3 Å². The van der Waals surface area contributed by atoms with Gasteiger partial charge in [0, 0.05) is 5.56 Å². The number of nitriles is 1. The molecule has 0 aliphatic carbocycles. The molecule has 0 spiro atoms. The average molecular weight is 212 g/mol. The van der Waals surface area contributed by atoms with E-state index in [1.54, 1.807) is 18.2 Å². The fraction of sp³-hybridized carbons (Fsp3) is 0.0769. The monoisotopic (exact) mass is 212 g/mol. The van der Waals surface area contributed by atoms with E-state index in [0.717, 1.165) is 17.0 Å². The third kappa shape index (κ3) is 2.23. The predicted octanol–water partition coefficient (Wildman–Crippen LogP) is 2.95. The van der Waals surface area contributed by atoms with Crippen molar-refractivity contribution in [3.8, 4) is 17.3 Å². The van der Waals surface area contributed by atoms with Crippen molar-refractivity contribution in [1.82, 2.24) is 4.98 Å². The summed E-state index contributed by atoms with van der Waals surface area (Å²) in [6.07, 6.45) is 0.287. The molecule has 0 amide bonds. The fourth-order valence-electron chi connectivity index (χ4n) is 1.44. The lowest BCUT2D eigenvalue weighted by atomic mass is 10.1. The lowest BCUT2D eigenvalue weighted by Crippen LogP contribution is -1.90. The topological polar surface area (TPSA) is 36.7 Å². The molecule has 1 aromatic heterocycles. The molecule has 0 saturated heterocycles. The van der Waals surface area contributed by atoms with E-state index in [0.29, 0.717) is 0 Å². The molecule has 78 valence electrons. The Labute approximate surface area is 93.0 Å². The lowest BCUT2D eigenvalue weighted by Gasteiger charge is -2.02. The summed E-state index contributed by atoms with van der Waals surface area (Å²) in [6, 6.07) is 13.7. The van der Waals surface area contributed by atoms with E-state index in [1.165, 1.54) is 12.1 Å². The van der Waals surface area contributed by atoms with Crippen LogP contribution in [0.1, 0.15) is 5.69 Å². The molecular weight excluding hydrogens is 203 g/mol. The third-order valence-electron chi connectivity index (χ3n) is 2.21. The first-order chi connectivity index (χ1) is 7.79. The van der Waals surface area contributed by atoms with Gasteiger partial charge < -0.3 is 0 Å². The maximum absolute atomic E-state index is 12.7. The van der Waals surface area contributed by atoms with Crippen molar-refractivity contribution in [3.05, 3.63) is 54.0 Å². The Balaban J connectivity index is 2.37. The summed E-state index contributed by atoms with van der Waals surface area (Å²) >= 11 is 0. The number of aromatic nitrogens is 1. The van der Waals surface area contributed by atoms with Gasteiger partial charge in [0.1, 0.15) is 5.82 Å². The molecule has 0 fully saturated rings. The maximum Gasteiger partial charge on any atom is 0.123 e. The van der Waals surface area contributed by atoms with Crippen molar-refractivity contribution in [1.29, 1.82) is 5.26 Å². The minimum absolute atomic E-state index is 0.267. The van der Waals surface area contributed by atoms with E-state index in [2.05, 4.69) is 4.98 Å². The normalized spacial score (nSPS) is 9.75. The Hall–Kier alpha value is -2.21. The molecule has 0 atom stereocenters. The van der Waals surface area contributed by atoms with E-state index in [-0.39, 0.29) is 12.2 Å². The Morgan fingerprint density at radius 1 is 1.12 bits per heavy atom. The van der Waals surface area contributed by atoms with Crippen LogP contribution in [-0.2, 0) is 6.42 Å². The molecule has 3 heteroatoms. The molecule has 0 bridgehead atoms. The van der Waals surface area contributed by atoms with Gasteiger partial charge in [0.2, 0.25) is 0 Å². The van der Waals surface area contributed by atoms with Crippen molar-refractivity contribution in [2.45, 2.75) is 6.42 Å². The molecule has 0 N–H and O–H groups in total. The number of rotatable bonds is 2. The maximum atomic E-state index is 12.7. The molecular formula is C13H9FN2. The van der Waals surface area contributed by atoms with Crippen LogP contribution in [0.5, 0.6) is 0 Å². The van der Waals surface area contributed by atoms with Gasteiger partial charge >= 0.3 is 0 Å². The largest absolute Gasteiger partial charge is 0.252 e. The number of pyridine rings is 1. The highest BCUT2D eigenvalue weighted by Gasteiger charge is 2.01. The van der Waals surface area contributed by atoms with Crippen LogP contribution in [0.4, 0.5) is 4.39 Å². The van der Waals surface area contributed by atoms with Crippen molar-refractivity contribution in [2.24, 2.45) is 0 Å². The van der Waals surface area contributed by atoms with E-state index < -0.39 is 0 Å². The highest BCUT2D eigenvalue weighted by atomic mass is 19.1. The van der Waals surface area contributed by atoms with Crippen LogP contribution in [-0.4, -0.2) is 4.98 Å². The van der Waals surface area contributed by atoms with Gasteiger partial charge in [-0.25, -0.2) is 4.39 Å². The van der Waals surface area contributed by atoms with Crippen molar-refractivity contribution < 1.29 is 4.39 Å². The van der Waals surface area contributed by atoms with Crippen molar-refractivity contribution in [2.75, 3.05) is 0 Å². The molecule has 0 aliphatic rings. The smallest absolute Gasteiger partial charge is 0.123 e. The van der Waals surface area contributed by atoms with E-state index in [1.807, 2.05) is 18.2 Å². The van der Waals surface area contributed by atoms with Crippen LogP contribution in [0.2, 0.25) is 0 Å². The summed E-state index contributed by atoms with van der Waals surface area (Å²) in [7, 11) is 0. The fourth-order valence-corrected chi connectivity index (χ4v) is 1.44. The van der Waals surface area contributed by atoms with Crippen LogP contribution in [0.15, 0.2) is 42.5 Å². The molecule has 2 rings (SSSR count). The highest BCUT2D eigenvalue weighted by molar-refractivity contribution is 5.58. The Morgan fingerprint density at radius 2 is 1.88 bits per heavy atom. The number of benzene rings is 1. The van der Waals surface area contributed by atoms with Gasteiger partial charge in [0.25, 0.3) is 0 Å². The first-order valence-corrected chi connectivity index (χ1v) is 4.88. The zero-order valence-electron chi connectivity index (χ0n) is 8.52. The highest BCUT2D eigenvalue weighted by Crippen LogP contribution is 2.17. The van der Waals surface area contributed by atoms with E-state index in [4.69, 9.17) is 5.26 Å². The summed E-state index contributed by atoms with van der Waals surface area (Å²) < 4.78 is 12.7. The Bertz CT molecular complexity index is 526. The molecule has 0 aliphatic heterocycles. The first kappa shape index (κ1) is 10.3. The number of halogens is 1. The standard InChI is InChI=1S/C13H9FN2/c14-11-6-4-10(5-7-11)13-3-1-2-12(16-13)8-9-15/h1-7H,8H2. The van der Waals surface area contributed by atoms with E-state index >= 15 is 0 Å². The molecule has 2 nitrogen and oxygen atoms in total. The molecule has 0 saturated carbocycles. The quantitative estimate of drug-likeness (QED) is 0.767. The van der Waals surface area contributed by atoms with Gasteiger partial charge in [-0.2, -0.15) is 5.26 Å². The van der Waals surface area contributed by atoms with Crippen LogP contribution in [0, 0.1) is 17.1 Å². The van der Waals surface area contributed by atoms with Crippen LogP contribution >= 0.6 is 0 Å². The zero-order chi connectivity index (χ0) is 11.4. The molecule has 2 aromatic rings. The van der Waals surface area contributed by atoms with Gasteiger partial charge in [-0.3, -0.25) is 4.98 Å². The average Bonchev–Trinajstić information content (AvgIpc) is 2.31. The predicted molar refractivity (Wildman–Crippen MR) is 58.9 cm³/mol. The summed E-state index contributed by atoms with van der Waals surface area (Å²) in [4.78, 5) is 4.32. The minimum Gasteiger partial charge on any atom is -0.252 e. The Kier molecular flexibility index (Phi) is 2.93. The molecule has 0 radical (unpaired) electrons. The molecule has 16 heavy (non-hydrogen) atoms. The SMILES string of the molecule is N#CCc1cccc(-c2ccc(F)cc2)n1. The summed E-state index contributed by atoms with van der Waals surface area (Å²) in [5, 5.41) is 8.58. The number of hydrogen-bond acceptors (Lipinski definition) is 2. The minimum atomic E-state index is -0.267. The first-order valence-electron chi connectivity index (χ1n) is 4.88. The zero-order valence-corrected chi connectivity index (χ0v) is 8.52. The van der Waals surface area contributed by atoms with Gasteiger partial charge in [0.05, 0.1) is 23.9 Å². The van der Waals surface area contributed by atoms with E-state index in [9.17, 15) is 4.39 Å².